The summed E-state index contributed by atoms with van der Waals surface area (Å²) in [5.41, 5.74) is 16.4. The molecule has 2 aliphatic rings. The molecule has 2 aliphatic carbocycles. The average Bonchev–Trinajstić information content (AvgIpc) is 2.24. The van der Waals surface area contributed by atoms with Crippen LogP contribution in [0.3, 0.4) is 0 Å². The first kappa shape index (κ1) is 10.1. The quantitative estimate of drug-likeness (QED) is 0.723. The zero-order chi connectivity index (χ0) is 10.7. The standard InChI is InChI=1S/C13H18N2/c14-12-7-3-1-5-10(12)9-11-6-2-4-8-13(11)15/h3,6-8H,1-2,4-5,9,14-15H2. The molecule has 0 atom stereocenters. The summed E-state index contributed by atoms with van der Waals surface area (Å²) in [4.78, 5) is 0. The van der Waals surface area contributed by atoms with Crippen molar-refractivity contribution in [3.8, 4) is 0 Å². The molecule has 4 N–H and O–H groups in total. The molecular formula is C13H18N2. The van der Waals surface area contributed by atoms with E-state index in [2.05, 4.69) is 18.2 Å². The summed E-state index contributed by atoms with van der Waals surface area (Å²) >= 11 is 0. The minimum Gasteiger partial charge on any atom is -0.399 e. The lowest BCUT2D eigenvalue weighted by Gasteiger charge is -2.17. The Balaban J connectivity index is 2.12. The van der Waals surface area contributed by atoms with E-state index in [4.69, 9.17) is 11.5 Å². The molecule has 0 aromatic rings. The van der Waals surface area contributed by atoms with Crippen molar-refractivity contribution < 1.29 is 0 Å². The third-order valence-electron chi connectivity index (χ3n) is 3.01. The molecule has 0 saturated carbocycles. The summed E-state index contributed by atoms with van der Waals surface area (Å²) in [7, 11) is 0. The van der Waals surface area contributed by atoms with Crippen molar-refractivity contribution in [2.24, 2.45) is 11.5 Å². The Morgan fingerprint density at radius 2 is 1.87 bits per heavy atom. The van der Waals surface area contributed by atoms with Gasteiger partial charge in [0.05, 0.1) is 0 Å². The van der Waals surface area contributed by atoms with Crippen molar-refractivity contribution in [3.63, 3.8) is 0 Å². The smallest absolute Gasteiger partial charge is 0.0306 e. The van der Waals surface area contributed by atoms with Crippen LogP contribution in [0, 0.1) is 0 Å². The Morgan fingerprint density at radius 3 is 2.60 bits per heavy atom. The van der Waals surface area contributed by atoms with Crippen LogP contribution >= 0.6 is 0 Å². The molecule has 0 bridgehead atoms. The van der Waals surface area contributed by atoms with Crippen LogP contribution in [0.1, 0.15) is 32.1 Å². The van der Waals surface area contributed by atoms with Crippen LogP contribution in [0.15, 0.2) is 46.8 Å². The van der Waals surface area contributed by atoms with Crippen LogP contribution in [0.4, 0.5) is 0 Å². The predicted octanol–water partition coefficient (Wildman–Crippen LogP) is 2.50. The Hall–Kier alpha value is -1.44. The van der Waals surface area contributed by atoms with Crippen LogP contribution in [0.2, 0.25) is 0 Å². The van der Waals surface area contributed by atoms with E-state index in [9.17, 15) is 0 Å². The molecule has 0 saturated heterocycles. The average molecular weight is 202 g/mol. The molecule has 0 radical (unpaired) electrons. The van der Waals surface area contributed by atoms with Crippen LogP contribution in [-0.2, 0) is 0 Å². The van der Waals surface area contributed by atoms with Gasteiger partial charge in [-0.05, 0) is 49.3 Å². The molecule has 0 fully saturated rings. The lowest BCUT2D eigenvalue weighted by molar-refractivity contribution is 0.863. The second-order valence-corrected chi connectivity index (χ2v) is 4.14. The number of allylic oxidation sites excluding steroid dienone is 6. The maximum absolute atomic E-state index is 5.95. The Morgan fingerprint density at radius 1 is 1.07 bits per heavy atom. The van der Waals surface area contributed by atoms with Crippen molar-refractivity contribution in [2.75, 3.05) is 0 Å². The SMILES string of the molecule is NC1=CCCC=C1CC1=C(N)C=CCC1. The van der Waals surface area contributed by atoms with E-state index in [1.807, 2.05) is 6.08 Å². The van der Waals surface area contributed by atoms with E-state index >= 15 is 0 Å². The second kappa shape index (κ2) is 4.39. The lowest BCUT2D eigenvalue weighted by atomic mass is 9.92. The van der Waals surface area contributed by atoms with Gasteiger partial charge < -0.3 is 11.5 Å². The molecule has 80 valence electrons. The monoisotopic (exact) mass is 202 g/mol. The van der Waals surface area contributed by atoms with Crippen LogP contribution in [0.25, 0.3) is 0 Å². The van der Waals surface area contributed by atoms with Crippen molar-refractivity contribution in [1.82, 2.24) is 0 Å². The summed E-state index contributed by atoms with van der Waals surface area (Å²) in [5, 5.41) is 0. The van der Waals surface area contributed by atoms with Crippen molar-refractivity contribution in [1.29, 1.82) is 0 Å². The zero-order valence-electron chi connectivity index (χ0n) is 9.00. The summed E-state index contributed by atoms with van der Waals surface area (Å²) in [6.45, 7) is 0. The summed E-state index contributed by atoms with van der Waals surface area (Å²) in [6.07, 6.45) is 13.8. The minimum atomic E-state index is 0.929. The number of nitrogens with two attached hydrogens (primary N) is 2. The van der Waals surface area contributed by atoms with Gasteiger partial charge in [-0.2, -0.15) is 0 Å². The first-order valence-electron chi connectivity index (χ1n) is 5.56. The fourth-order valence-corrected chi connectivity index (χ4v) is 2.07. The molecular weight excluding hydrogens is 184 g/mol. The third-order valence-corrected chi connectivity index (χ3v) is 3.01. The Kier molecular flexibility index (Phi) is 2.95. The fraction of sp³-hybridized carbons (Fsp3) is 0.385. The summed E-state index contributed by atoms with van der Waals surface area (Å²) < 4.78 is 0. The van der Waals surface area contributed by atoms with E-state index in [0.29, 0.717) is 0 Å². The maximum Gasteiger partial charge on any atom is 0.0306 e. The first-order valence-corrected chi connectivity index (χ1v) is 5.56. The summed E-state index contributed by atoms with van der Waals surface area (Å²) in [6, 6.07) is 0. The highest BCUT2D eigenvalue weighted by Crippen LogP contribution is 2.27. The fourth-order valence-electron chi connectivity index (χ4n) is 2.07. The molecule has 0 heterocycles. The van der Waals surface area contributed by atoms with Crippen molar-refractivity contribution in [3.05, 3.63) is 46.8 Å². The molecule has 2 rings (SSSR count). The van der Waals surface area contributed by atoms with Gasteiger partial charge in [-0.15, -0.1) is 0 Å². The Labute approximate surface area is 91.0 Å². The van der Waals surface area contributed by atoms with E-state index in [1.165, 1.54) is 11.1 Å². The molecule has 2 heteroatoms. The number of rotatable bonds is 2. The molecule has 15 heavy (non-hydrogen) atoms. The Bertz CT molecular complexity index is 370. The second-order valence-electron chi connectivity index (χ2n) is 4.14. The highest BCUT2D eigenvalue weighted by molar-refractivity contribution is 5.38. The topological polar surface area (TPSA) is 52.0 Å². The van der Waals surface area contributed by atoms with E-state index in [0.717, 1.165) is 43.5 Å². The number of hydrogen-bond donors (Lipinski definition) is 2. The van der Waals surface area contributed by atoms with Gasteiger partial charge >= 0.3 is 0 Å². The van der Waals surface area contributed by atoms with Crippen LogP contribution in [0.5, 0.6) is 0 Å². The minimum absolute atomic E-state index is 0.929. The molecule has 0 unspecified atom stereocenters. The normalized spacial score (nSPS) is 21.3. The predicted molar refractivity (Wildman–Crippen MR) is 63.8 cm³/mol. The van der Waals surface area contributed by atoms with E-state index in [-0.39, 0.29) is 0 Å². The van der Waals surface area contributed by atoms with Gasteiger partial charge in [-0.1, -0.05) is 18.2 Å². The molecule has 0 amide bonds. The third kappa shape index (κ3) is 2.32. The molecule has 0 aliphatic heterocycles. The van der Waals surface area contributed by atoms with Gasteiger partial charge in [-0.25, -0.2) is 0 Å². The summed E-state index contributed by atoms with van der Waals surface area (Å²) in [5.74, 6) is 0. The van der Waals surface area contributed by atoms with Gasteiger partial charge in [-0.3, -0.25) is 0 Å². The van der Waals surface area contributed by atoms with Crippen LogP contribution in [-0.4, -0.2) is 0 Å². The van der Waals surface area contributed by atoms with Gasteiger partial charge in [0.2, 0.25) is 0 Å². The van der Waals surface area contributed by atoms with Gasteiger partial charge in [0.15, 0.2) is 0 Å². The first-order chi connectivity index (χ1) is 7.27. The molecule has 0 aromatic carbocycles. The number of hydrogen-bond acceptors (Lipinski definition) is 2. The molecule has 0 spiro atoms. The highest BCUT2D eigenvalue weighted by atomic mass is 14.6. The van der Waals surface area contributed by atoms with Gasteiger partial charge in [0, 0.05) is 11.4 Å². The zero-order valence-corrected chi connectivity index (χ0v) is 9.00. The molecule has 0 aromatic heterocycles. The lowest BCUT2D eigenvalue weighted by Crippen LogP contribution is -2.09. The van der Waals surface area contributed by atoms with Crippen molar-refractivity contribution in [2.45, 2.75) is 32.1 Å². The van der Waals surface area contributed by atoms with Gasteiger partial charge in [0.25, 0.3) is 0 Å². The maximum atomic E-state index is 5.95. The van der Waals surface area contributed by atoms with Crippen LogP contribution < -0.4 is 11.5 Å². The largest absolute Gasteiger partial charge is 0.399 e. The molecule has 2 nitrogen and oxygen atoms in total. The van der Waals surface area contributed by atoms with E-state index in [1.54, 1.807) is 0 Å². The van der Waals surface area contributed by atoms with E-state index < -0.39 is 0 Å². The van der Waals surface area contributed by atoms with Gasteiger partial charge in [0.1, 0.15) is 0 Å². The highest BCUT2D eigenvalue weighted by Gasteiger charge is 2.11. The van der Waals surface area contributed by atoms with Crippen molar-refractivity contribution >= 4 is 0 Å².